The monoisotopic (exact) mass is 323 g/mol. The van der Waals surface area contributed by atoms with Crippen LogP contribution < -0.4 is 11.1 Å². The Bertz CT molecular complexity index is 1010. The van der Waals surface area contributed by atoms with E-state index in [1.54, 1.807) is 37.3 Å². The van der Waals surface area contributed by atoms with Crippen LogP contribution in [0.15, 0.2) is 68.9 Å². The Morgan fingerprint density at radius 1 is 1.17 bits per heavy atom. The number of hydrogen-bond acceptors (Lipinski definition) is 6. The minimum atomic E-state index is -0.490. The standard InChI is InChI=1S/C17H13N3O4/c1-11(18-19-13-6-4-7-14(10-13)20(22)23)15-9-12-5-2-3-8-16(12)24-17(15)21/h2-10,19H,1H3/b18-11-. The van der Waals surface area contributed by atoms with Crippen LogP contribution in [0.4, 0.5) is 11.4 Å². The van der Waals surface area contributed by atoms with Gasteiger partial charge in [-0.1, -0.05) is 24.3 Å². The second-order valence-electron chi connectivity index (χ2n) is 5.10. The highest BCUT2D eigenvalue weighted by atomic mass is 16.6. The van der Waals surface area contributed by atoms with Gasteiger partial charge in [-0.3, -0.25) is 15.5 Å². The summed E-state index contributed by atoms with van der Waals surface area (Å²) in [5.41, 5.74) is 3.88. The lowest BCUT2D eigenvalue weighted by atomic mass is 10.1. The predicted octanol–water partition coefficient (Wildman–Crippen LogP) is 3.54. The van der Waals surface area contributed by atoms with Gasteiger partial charge in [-0.15, -0.1) is 0 Å². The molecule has 7 nitrogen and oxygen atoms in total. The molecule has 2 aromatic carbocycles. The minimum absolute atomic E-state index is 0.0435. The molecule has 0 bridgehead atoms. The zero-order chi connectivity index (χ0) is 17.1. The number of non-ortho nitro benzene ring substituents is 1. The first-order valence-corrected chi connectivity index (χ1v) is 7.12. The third-order valence-corrected chi connectivity index (χ3v) is 3.44. The molecular weight excluding hydrogens is 310 g/mol. The molecule has 1 N–H and O–H groups in total. The fourth-order valence-corrected chi connectivity index (χ4v) is 2.21. The second-order valence-corrected chi connectivity index (χ2v) is 5.10. The lowest BCUT2D eigenvalue weighted by Gasteiger charge is -2.04. The Morgan fingerprint density at radius 3 is 2.75 bits per heavy atom. The third kappa shape index (κ3) is 3.14. The quantitative estimate of drug-likeness (QED) is 0.343. The first-order chi connectivity index (χ1) is 11.5. The molecule has 1 heterocycles. The maximum Gasteiger partial charge on any atom is 0.345 e. The number of hydrogen-bond donors (Lipinski definition) is 1. The number of benzene rings is 2. The van der Waals surface area contributed by atoms with Gasteiger partial charge in [0.2, 0.25) is 0 Å². The highest BCUT2D eigenvalue weighted by Gasteiger charge is 2.09. The molecule has 7 heteroatoms. The van der Waals surface area contributed by atoms with Gasteiger partial charge in [-0.25, -0.2) is 4.79 Å². The molecule has 3 aromatic rings. The molecule has 1 aromatic heterocycles. The summed E-state index contributed by atoms with van der Waals surface area (Å²) in [6.45, 7) is 1.66. The molecule has 0 unspecified atom stereocenters. The van der Waals surface area contributed by atoms with E-state index in [4.69, 9.17) is 4.42 Å². The van der Waals surface area contributed by atoms with Crippen molar-refractivity contribution in [2.24, 2.45) is 5.10 Å². The van der Waals surface area contributed by atoms with Crippen molar-refractivity contribution in [1.29, 1.82) is 0 Å². The van der Waals surface area contributed by atoms with Crippen molar-refractivity contribution in [2.45, 2.75) is 6.92 Å². The molecule has 0 amide bonds. The topological polar surface area (TPSA) is 97.7 Å². The summed E-state index contributed by atoms with van der Waals surface area (Å²) < 4.78 is 5.26. The van der Waals surface area contributed by atoms with E-state index in [0.29, 0.717) is 22.5 Å². The zero-order valence-electron chi connectivity index (χ0n) is 12.7. The smallest absolute Gasteiger partial charge is 0.345 e. The lowest BCUT2D eigenvalue weighted by molar-refractivity contribution is -0.384. The molecule has 0 aliphatic carbocycles. The molecule has 0 saturated carbocycles. The Morgan fingerprint density at radius 2 is 1.96 bits per heavy atom. The molecule has 0 fully saturated rings. The van der Waals surface area contributed by atoms with Gasteiger partial charge in [0, 0.05) is 17.5 Å². The first-order valence-electron chi connectivity index (χ1n) is 7.12. The number of hydrazone groups is 1. The van der Waals surface area contributed by atoms with Crippen LogP contribution in [-0.2, 0) is 0 Å². The fourth-order valence-electron chi connectivity index (χ4n) is 2.21. The van der Waals surface area contributed by atoms with Gasteiger partial charge in [0.05, 0.1) is 21.9 Å². The number of para-hydroxylation sites is 1. The second kappa shape index (κ2) is 6.33. The maximum absolute atomic E-state index is 12.1. The molecule has 3 rings (SSSR count). The molecule has 0 atom stereocenters. The van der Waals surface area contributed by atoms with Gasteiger partial charge in [-0.05, 0) is 25.1 Å². The van der Waals surface area contributed by atoms with Crippen LogP contribution in [0.25, 0.3) is 11.0 Å². The van der Waals surface area contributed by atoms with Crippen molar-refractivity contribution >= 4 is 28.1 Å². The number of nitro groups is 1. The van der Waals surface area contributed by atoms with E-state index < -0.39 is 10.5 Å². The summed E-state index contributed by atoms with van der Waals surface area (Å²) in [5, 5.41) is 15.7. The summed E-state index contributed by atoms with van der Waals surface area (Å²) >= 11 is 0. The van der Waals surface area contributed by atoms with Crippen molar-refractivity contribution in [1.82, 2.24) is 0 Å². The summed E-state index contributed by atoms with van der Waals surface area (Å²) in [6.07, 6.45) is 0. The van der Waals surface area contributed by atoms with Crippen molar-refractivity contribution in [3.63, 3.8) is 0 Å². The highest BCUT2D eigenvalue weighted by molar-refractivity contribution is 6.00. The average Bonchev–Trinajstić information content (AvgIpc) is 2.59. The Kier molecular flexibility index (Phi) is 4.07. The predicted molar refractivity (Wildman–Crippen MR) is 91.4 cm³/mol. The van der Waals surface area contributed by atoms with E-state index >= 15 is 0 Å². The fraction of sp³-hybridized carbons (Fsp3) is 0.0588. The van der Waals surface area contributed by atoms with E-state index in [-0.39, 0.29) is 5.69 Å². The number of nitrogens with one attached hydrogen (secondary N) is 1. The normalized spacial score (nSPS) is 11.5. The van der Waals surface area contributed by atoms with Crippen LogP contribution in [-0.4, -0.2) is 10.6 Å². The number of nitro benzene ring substituents is 1. The molecule has 0 saturated heterocycles. The molecule has 0 radical (unpaired) electrons. The van der Waals surface area contributed by atoms with Crippen LogP contribution in [0.1, 0.15) is 12.5 Å². The van der Waals surface area contributed by atoms with Gasteiger partial charge in [0.15, 0.2) is 0 Å². The van der Waals surface area contributed by atoms with Crippen LogP contribution in [0, 0.1) is 10.1 Å². The van der Waals surface area contributed by atoms with Gasteiger partial charge in [0.1, 0.15) is 5.58 Å². The largest absolute Gasteiger partial charge is 0.422 e. The lowest BCUT2D eigenvalue weighted by Crippen LogP contribution is -2.13. The van der Waals surface area contributed by atoms with Gasteiger partial charge < -0.3 is 4.42 Å². The van der Waals surface area contributed by atoms with E-state index in [9.17, 15) is 14.9 Å². The Labute approximate surface area is 136 Å². The van der Waals surface area contributed by atoms with Crippen molar-refractivity contribution in [2.75, 3.05) is 5.43 Å². The van der Waals surface area contributed by atoms with Gasteiger partial charge >= 0.3 is 5.63 Å². The van der Waals surface area contributed by atoms with Crippen molar-refractivity contribution in [3.8, 4) is 0 Å². The molecular formula is C17H13N3O4. The third-order valence-electron chi connectivity index (χ3n) is 3.44. The van der Waals surface area contributed by atoms with Crippen LogP contribution in [0.2, 0.25) is 0 Å². The van der Waals surface area contributed by atoms with Crippen LogP contribution >= 0.6 is 0 Å². The van der Waals surface area contributed by atoms with Crippen molar-refractivity contribution < 1.29 is 9.34 Å². The van der Waals surface area contributed by atoms with E-state index in [1.165, 1.54) is 12.1 Å². The van der Waals surface area contributed by atoms with Gasteiger partial charge in [-0.2, -0.15) is 5.10 Å². The average molecular weight is 323 g/mol. The summed E-state index contributed by atoms with van der Waals surface area (Å²) in [7, 11) is 0. The van der Waals surface area contributed by atoms with Crippen molar-refractivity contribution in [3.05, 3.63) is 80.7 Å². The number of nitrogens with zero attached hydrogens (tertiary/aromatic N) is 2. The molecule has 0 aliphatic rings. The Hall–Kier alpha value is -3.48. The Balaban J connectivity index is 1.91. The van der Waals surface area contributed by atoms with Gasteiger partial charge in [0.25, 0.3) is 5.69 Å². The molecule has 120 valence electrons. The number of anilines is 1. The molecule has 0 spiro atoms. The highest BCUT2D eigenvalue weighted by Crippen LogP contribution is 2.17. The van der Waals surface area contributed by atoms with E-state index in [1.807, 2.05) is 12.1 Å². The maximum atomic E-state index is 12.1. The van der Waals surface area contributed by atoms with Crippen LogP contribution in [0.3, 0.4) is 0 Å². The summed E-state index contributed by atoms with van der Waals surface area (Å²) in [4.78, 5) is 22.3. The summed E-state index contributed by atoms with van der Waals surface area (Å²) in [5.74, 6) is 0. The molecule has 0 aliphatic heterocycles. The van der Waals surface area contributed by atoms with E-state index in [0.717, 1.165) is 5.39 Å². The zero-order valence-corrected chi connectivity index (χ0v) is 12.7. The molecule has 24 heavy (non-hydrogen) atoms. The number of rotatable bonds is 4. The minimum Gasteiger partial charge on any atom is -0.422 e. The SMILES string of the molecule is C/C(=N/Nc1cccc([N+](=O)[O-])c1)c1cc2ccccc2oc1=O. The van der Waals surface area contributed by atoms with E-state index in [2.05, 4.69) is 10.5 Å². The first kappa shape index (κ1) is 15.4. The number of fused-ring (bicyclic) bond motifs is 1. The summed E-state index contributed by atoms with van der Waals surface area (Å²) in [6, 6.07) is 14.8. The van der Waals surface area contributed by atoms with Crippen LogP contribution in [0.5, 0.6) is 0 Å².